The number of anilines is 1. The summed E-state index contributed by atoms with van der Waals surface area (Å²) >= 11 is 0. The first-order chi connectivity index (χ1) is 15.6. The van der Waals surface area contributed by atoms with Gasteiger partial charge < -0.3 is 20.9 Å². The number of aliphatic hydroxyl groups excluding tert-OH is 1. The summed E-state index contributed by atoms with van der Waals surface area (Å²) in [6.45, 7) is 2.11. The van der Waals surface area contributed by atoms with Gasteiger partial charge in [-0.3, -0.25) is 4.79 Å². The van der Waals surface area contributed by atoms with Crippen LogP contribution in [0.3, 0.4) is 0 Å². The summed E-state index contributed by atoms with van der Waals surface area (Å²) in [4.78, 5) is 12.1. The normalized spacial score (nSPS) is 13.1. The van der Waals surface area contributed by atoms with E-state index in [0.29, 0.717) is 17.8 Å². The maximum atomic E-state index is 12.1. The van der Waals surface area contributed by atoms with Crippen molar-refractivity contribution in [3.8, 4) is 11.1 Å². The summed E-state index contributed by atoms with van der Waals surface area (Å²) in [5.74, 6) is -0.598. The Hall–Kier alpha value is -3.68. The zero-order valence-corrected chi connectivity index (χ0v) is 17.8. The van der Waals surface area contributed by atoms with E-state index in [9.17, 15) is 9.90 Å². The highest BCUT2D eigenvalue weighted by Crippen LogP contribution is 2.29. The number of carbonyl (C=O) groups excluding carboxylic acids is 1. The summed E-state index contributed by atoms with van der Waals surface area (Å²) in [5.41, 5.74) is 10.1. The van der Waals surface area contributed by atoms with Gasteiger partial charge in [0.25, 0.3) is 5.91 Å². The minimum Gasteiger partial charge on any atom is -0.394 e. The molecule has 0 radical (unpaired) electrons. The van der Waals surface area contributed by atoms with Gasteiger partial charge in [0.15, 0.2) is 0 Å². The molecule has 2 heterocycles. The average Bonchev–Trinajstić information content (AvgIpc) is 3.27. The fourth-order valence-corrected chi connectivity index (χ4v) is 3.60. The first-order valence-corrected chi connectivity index (χ1v) is 10.5. The number of hydrogen-bond acceptors (Lipinski definition) is 5. The first kappa shape index (κ1) is 21.5. The van der Waals surface area contributed by atoms with Gasteiger partial charge in [-0.1, -0.05) is 60.7 Å². The standard InChI is InChI=1S/C25H26N4O3/c1-17(32-16-18-8-4-2-5-9-18)22(15-30)28-24-21(25(26)31)13-27-29-14-20(12-23(24)29)19-10-6-3-7-11-19/h2-14,17,22,28,30H,15-16H2,1H3,(H2,26,31). The number of nitrogens with one attached hydrogen (secondary N) is 1. The molecule has 2 unspecified atom stereocenters. The first-order valence-electron chi connectivity index (χ1n) is 10.5. The lowest BCUT2D eigenvalue weighted by atomic mass is 10.1. The Balaban J connectivity index is 1.64. The summed E-state index contributed by atoms with van der Waals surface area (Å²) in [5, 5.41) is 17.7. The van der Waals surface area contributed by atoms with E-state index < -0.39 is 11.9 Å². The molecule has 0 saturated carbocycles. The molecule has 32 heavy (non-hydrogen) atoms. The third-order valence-corrected chi connectivity index (χ3v) is 5.46. The van der Waals surface area contributed by atoms with Crippen LogP contribution < -0.4 is 11.1 Å². The van der Waals surface area contributed by atoms with Crippen LogP contribution in [0.1, 0.15) is 22.8 Å². The Bertz CT molecular complexity index is 1190. The molecule has 2 aromatic carbocycles. The zero-order valence-electron chi connectivity index (χ0n) is 17.8. The van der Waals surface area contributed by atoms with Crippen LogP contribution in [-0.4, -0.2) is 39.4 Å². The zero-order chi connectivity index (χ0) is 22.5. The monoisotopic (exact) mass is 430 g/mol. The average molecular weight is 431 g/mol. The number of hydrogen-bond donors (Lipinski definition) is 3. The molecule has 2 atom stereocenters. The highest BCUT2D eigenvalue weighted by Gasteiger charge is 2.22. The van der Waals surface area contributed by atoms with Crippen molar-refractivity contribution < 1.29 is 14.6 Å². The van der Waals surface area contributed by atoms with Crippen molar-refractivity contribution in [3.05, 3.63) is 90.3 Å². The number of fused-ring (bicyclic) bond motifs is 1. The van der Waals surface area contributed by atoms with Gasteiger partial charge in [0.05, 0.1) is 48.3 Å². The summed E-state index contributed by atoms with van der Waals surface area (Å²) in [6.07, 6.45) is 3.00. The summed E-state index contributed by atoms with van der Waals surface area (Å²) in [6, 6.07) is 21.2. The van der Waals surface area contributed by atoms with Crippen LogP contribution in [0, 0.1) is 0 Å². The number of benzene rings is 2. The molecular weight excluding hydrogens is 404 g/mol. The van der Waals surface area contributed by atoms with Crippen LogP contribution in [-0.2, 0) is 11.3 Å². The number of carbonyl (C=O) groups is 1. The van der Waals surface area contributed by atoms with E-state index in [1.807, 2.05) is 79.9 Å². The van der Waals surface area contributed by atoms with Crippen LogP contribution in [0.25, 0.3) is 16.6 Å². The van der Waals surface area contributed by atoms with Gasteiger partial charge in [0.2, 0.25) is 0 Å². The Morgan fingerprint density at radius 2 is 1.81 bits per heavy atom. The van der Waals surface area contributed by atoms with Gasteiger partial charge in [0.1, 0.15) is 0 Å². The van der Waals surface area contributed by atoms with Crippen molar-refractivity contribution in [1.29, 1.82) is 0 Å². The number of rotatable bonds is 9. The maximum Gasteiger partial charge on any atom is 0.252 e. The van der Waals surface area contributed by atoms with Gasteiger partial charge in [-0.25, -0.2) is 4.52 Å². The van der Waals surface area contributed by atoms with E-state index in [-0.39, 0.29) is 18.3 Å². The number of ether oxygens (including phenoxy) is 1. The van der Waals surface area contributed by atoms with Gasteiger partial charge >= 0.3 is 0 Å². The fraction of sp³-hybridized carbons (Fsp3) is 0.200. The largest absolute Gasteiger partial charge is 0.394 e. The topological polar surface area (TPSA) is 102 Å². The molecule has 164 valence electrons. The minimum atomic E-state index is -0.598. The number of nitrogens with two attached hydrogens (primary N) is 1. The SMILES string of the molecule is CC(OCc1ccccc1)C(CO)Nc1c(C(N)=O)cnn2cc(-c3ccccc3)cc12. The predicted molar refractivity (Wildman–Crippen MR) is 124 cm³/mol. The molecule has 0 aliphatic heterocycles. The Kier molecular flexibility index (Phi) is 6.49. The molecule has 0 spiro atoms. The molecule has 7 heteroatoms. The van der Waals surface area contributed by atoms with Crippen molar-refractivity contribution >= 4 is 17.1 Å². The van der Waals surface area contributed by atoms with Crippen LogP contribution in [0.15, 0.2) is 79.1 Å². The van der Waals surface area contributed by atoms with Crippen LogP contribution in [0.2, 0.25) is 0 Å². The van der Waals surface area contributed by atoms with Crippen LogP contribution in [0.4, 0.5) is 5.69 Å². The molecule has 4 aromatic rings. The van der Waals surface area contributed by atoms with Gasteiger partial charge in [-0.2, -0.15) is 5.10 Å². The summed E-state index contributed by atoms with van der Waals surface area (Å²) < 4.78 is 7.67. The molecule has 2 aromatic heterocycles. The maximum absolute atomic E-state index is 12.1. The van der Waals surface area contributed by atoms with Crippen molar-refractivity contribution in [2.75, 3.05) is 11.9 Å². The predicted octanol–water partition coefficient (Wildman–Crippen LogP) is 3.48. The second kappa shape index (κ2) is 9.64. The molecule has 0 aliphatic carbocycles. The highest BCUT2D eigenvalue weighted by molar-refractivity contribution is 6.02. The van der Waals surface area contributed by atoms with Crippen molar-refractivity contribution in [1.82, 2.24) is 9.61 Å². The third-order valence-electron chi connectivity index (χ3n) is 5.46. The number of nitrogens with zero attached hydrogens (tertiary/aromatic N) is 2. The van der Waals surface area contributed by atoms with Crippen molar-refractivity contribution in [3.63, 3.8) is 0 Å². The molecule has 0 saturated heterocycles. The van der Waals surface area contributed by atoms with Gasteiger partial charge in [-0.15, -0.1) is 0 Å². The van der Waals surface area contributed by atoms with E-state index in [4.69, 9.17) is 10.5 Å². The van der Waals surface area contributed by atoms with E-state index in [1.165, 1.54) is 6.20 Å². The molecule has 0 aliphatic rings. The number of aliphatic hydroxyl groups is 1. The number of amides is 1. The molecule has 4 rings (SSSR count). The van der Waals surface area contributed by atoms with Gasteiger partial charge in [0, 0.05) is 11.8 Å². The Morgan fingerprint density at radius 3 is 2.47 bits per heavy atom. The lowest BCUT2D eigenvalue weighted by Gasteiger charge is -2.26. The summed E-state index contributed by atoms with van der Waals surface area (Å²) in [7, 11) is 0. The molecular formula is C25H26N4O3. The van der Waals surface area contributed by atoms with E-state index in [2.05, 4.69) is 10.4 Å². The van der Waals surface area contributed by atoms with Crippen molar-refractivity contribution in [2.45, 2.75) is 25.7 Å². The molecule has 0 bridgehead atoms. The quantitative estimate of drug-likeness (QED) is 0.377. The molecule has 0 fully saturated rings. The van der Waals surface area contributed by atoms with Crippen LogP contribution >= 0.6 is 0 Å². The van der Waals surface area contributed by atoms with Crippen LogP contribution in [0.5, 0.6) is 0 Å². The second-order valence-electron chi connectivity index (χ2n) is 7.66. The molecule has 1 amide bonds. The smallest absolute Gasteiger partial charge is 0.252 e. The van der Waals surface area contributed by atoms with E-state index in [1.54, 1.807) is 4.52 Å². The van der Waals surface area contributed by atoms with Crippen molar-refractivity contribution in [2.24, 2.45) is 5.73 Å². The minimum absolute atomic E-state index is 0.186. The van der Waals surface area contributed by atoms with E-state index >= 15 is 0 Å². The van der Waals surface area contributed by atoms with E-state index in [0.717, 1.165) is 16.7 Å². The lowest BCUT2D eigenvalue weighted by molar-refractivity contribution is 0.0276. The third kappa shape index (κ3) is 4.64. The Labute approximate surface area is 186 Å². The van der Waals surface area contributed by atoms with Gasteiger partial charge in [-0.05, 0) is 24.1 Å². The Morgan fingerprint density at radius 1 is 1.12 bits per heavy atom. The molecule has 7 nitrogen and oxygen atoms in total. The fourth-order valence-electron chi connectivity index (χ4n) is 3.60. The number of aromatic nitrogens is 2. The second-order valence-corrected chi connectivity index (χ2v) is 7.66. The highest BCUT2D eigenvalue weighted by atomic mass is 16.5. The number of primary amides is 1. The molecule has 4 N–H and O–H groups in total. The lowest BCUT2D eigenvalue weighted by Crippen LogP contribution is -2.37.